The first kappa shape index (κ1) is 11.4. The lowest BCUT2D eigenvalue weighted by atomic mass is 10.3. The molecule has 0 amide bonds. The normalized spacial score (nSPS) is 10.9. The molecule has 0 radical (unpaired) electrons. The molecule has 0 saturated carbocycles. The lowest BCUT2D eigenvalue weighted by Crippen LogP contribution is -2.21. The molecule has 0 aromatic carbocycles. The van der Waals surface area contributed by atoms with Gasteiger partial charge < -0.3 is 10.6 Å². The Kier molecular flexibility index (Phi) is 4.87. The number of rotatable bonds is 5. The molecule has 0 aliphatic heterocycles. The topological polar surface area (TPSA) is 42.1 Å². The third-order valence-corrected chi connectivity index (χ3v) is 2.16. The van der Waals surface area contributed by atoms with Crippen LogP contribution in [0.2, 0.25) is 5.15 Å². The highest BCUT2D eigenvalue weighted by molar-refractivity contribution is 6.29. The SMILES string of the molecule is CN(CCCN)Cc1cccc(Cl)n1. The quantitative estimate of drug-likeness (QED) is 0.755. The van der Waals surface area contributed by atoms with Gasteiger partial charge in [-0.1, -0.05) is 17.7 Å². The second-order valence-electron chi connectivity index (χ2n) is 3.33. The van der Waals surface area contributed by atoms with Gasteiger partial charge in [-0.15, -0.1) is 0 Å². The number of aromatic nitrogens is 1. The van der Waals surface area contributed by atoms with Gasteiger partial charge >= 0.3 is 0 Å². The van der Waals surface area contributed by atoms with E-state index in [1.54, 1.807) is 6.07 Å². The minimum Gasteiger partial charge on any atom is -0.330 e. The van der Waals surface area contributed by atoms with Crippen LogP contribution in [0.15, 0.2) is 18.2 Å². The molecule has 14 heavy (non-hydrogen) atoms. The Morgan fingerprint density at radius 2 is 2.29 bits per heavy atom. The van der Waals surface area contributed by atoms with Crippen LogP contribution in [0.4, 0.5) is 0 Å². The number of nitrogens with two attached hydrogens (primary N) is 1. The third-order valence-electron chi connectivity index (χ3n) is 1.95. The zero-order chi connectivity index (χ0) is 10.4. The highest BCUT2D eigenvalue weighted by Crippen LogP contribution is 2.06. The predicted octanol–water partition coefficient (Wildman–Crippen LogP) is 1.52. The molecule has 1 aromatic heterocycles. The maximum atomic E-state index is 5.78. The van der Waals surface area contributed by atoms with Gasteiger partial charge in [0.05, 0.1) is 5.69 Å². The van der Waals surface area contributed by atoms with Gasteiger partial charge in [0.25, 0.3) is 0 Å². The van der Waals surface area contributed by atoms with Crippen LogP contribution in [-0.4, -0.2) is 30.0 Å². The zero-order valence-corrected chi connectivity index (χ0v) is 9.17. The summed E-state index contributed by atoms with van der Waals surface area (Å²) in [6.07, 6.45) is 1.01. The van der Waals surface area contributed by atoms with Crippen LogP contribution in [0.25, 0.3) is 0 Å². The van der Waals surface area contributed by atoms with Gasteiger partial charge in [0, 0.05) is 6.54 Å². The maximum Gasteiger partial charge on any atom is 0.129 e. The molecule has 0 aliphatic rings. The fraction of sp³-hybridized carbons (Fsp3) is 0.500. The predicted molar refractivity (Wildman–Crippen MR) is 59.3 cm³/mol. The van der Waals surface area contributed by atoms with E-state index in [1.807, 2.05) is 12.1 Å². The van der Waals surface area contributed by atoms with Crippen LogP contribution in [0.3, 0.4) is 0 Å². The summed E-state index contributed by atoms with van der Waals surface area (Å²) >= 11 is 5.78. The number of pyridine rings is 1. The molecule has 2 N–H and O–H groups in total. The van der Waals surface area contributed by atoms with Crippen LogP contribution in [0.1, 0.15) is 12.1 Å². The Bertz CT molecular complexity index is 278. The number of nitrogens with zero attached hydrogens (tertiary/aromatic N) is 2. The summed E-state index contributed by atoms with van der Waals surface area (Å²) in [4.78, 5) is 6.40. The third kappa shape index (κ3) is 4.05. The minimum atomic E-state index is 0.551. The molecule has 78 valence electrons. The Morgan fingerprint density at radius 1 is 1.50 bits per heavy atom. The van der Waals surface area contributed by atoms with Crippen LogP contribution < -0.4 is 5.73 Å². The maximum absolute atomic E-state index is 5.78. The molecule has 0 spiro atoms. The molecular weight excluding hydrogens is 198 g/mol. The molecule has 1 rings (SSSR count). The Morgan fingerprint density at radius 3 is 2.93 bits per heavy atom. The van der Waals surface area contributed by atoms with E-state index in [9.17, 15) is 0 Å². The summed E-state index contributed by atoms with van der Waals surface area (Å²) in [7, 11) is 2.05. The molecular formula is C10H16ClN3. The van der Waals surface area contributed by atoms with Gasteiger partial charge in [-0.05, 0) is 38.7 Å². The lowest BCUT2D eigenvalue weighted by Gasteiger charge is -2.15. The molecule has 0 fully saturated rings. The van der Waals surface area contributed by atoms with Crippen molar-refractivity contribution >= 4 is 11.6 Å². The van der Waals surface area contributed by atoms with Crippen molar-refractivity contribution in [2.45, 2.75) is 13.0 Å². The van der Waals surface area contributed by atoms with Crippen molar-refractivity contribution < 1.29 is 0 Å². The summed E-state index contributed by atoms with van der Waals surface area (Å²) in [5.41, 5.74) is 6.43. The molecule has 0 atom stereocenters. The number of hydrogen-bond donors (Lipinski definition) is 1. The smallest absolute Gasteiger partial charge is 0.129 e. The van der Waals surface area contributed by atoms with E-state index in [0.29, 0.717) is 5.15 Å². The van der Waals surface area contributed by atoms with E-state index < -0.39 is 0 Å². The molecule has 0 aliphatic carbocycles. The van der Waals surface area contributed by atoms with Crippen LogP contribution >= 0.6 is 11.6 Å². The summed E-state index contributed by atoms with van der Waals surface area (Å²) in [6.45, 7) is 2.54. The van der Waals surface area contributed by atoms with Gasteiger partial charge in [0.2, 0.25) is 0 Å². The molecule has 0 bridgehead atoms. The second-order valence-corrected chi connectivity index (χ2v) is 3.72. The van der Waals surface area contributed by atoms with Crippen molar-refractivity contribution in [3.8, 4) is 0 Å². The van der Waals surface area contributed by atoms with Gasteiger partial charge in [-0.2, -0.15) is 0 Å². The number of halogens is 1. The molecule has 1 heterocycles. The molecule has 0 saturated heterocycles. The van der Waals surface area contributed by atoms with Crippen molar-refractivity contribution in [3.05, 3.63) is 29.0 Å². The van der Waals surface area contributed by atoms with Crippen LogP contribution in [0, 0.1) is 0 Å². The van der Waals surface area contributed by atoms with E-state index in [2.05, 4.69) is 16.9 Å². The Balaban J connectivity index is 2.43. The van der Waals surface area contributed by atoms with Gasteiger partial charge in [0.15, 0.2) is 0 Å². The molecule has 3 nitrogen and oxygen atoms in total. The highest BCUT2D eigenvalue weighted by Gasteiger charge is 2.00. The molecule has 1 aromatic rings. The second kappa shape index (κ2) is 5.96. The van der Waals surface area contributed by atoms with E-state index in [1.165, 1.54) is 0 Å². The summed E-state index contributed by atoms with van der Waals surface area (Å²) in [6, 6.07) is 5.68. The Hall–Kier alpha value is -0.640. The first-order valence-electron chi connectivity index (χ1n) is 4.72. The zero-order valence-electron chi connectivity index (χ0n) is 8.41. The minimum absolute atomic E-state index is 0.551. The Labute approximate surface area is 89.9 Å². The fourth-order valence-electron chi connectivity index (χ4n) is 1.26. The van der Waals surface area contributed by atoms with Gasteiger partial charge in [-0.25, -0.2) is 4.98 Å². The largest absolute Gasteiger partial charge is 0.330 e. The van der Waals surface area contributed by atoms with E-state index in [0.717, 1.165) is 31.7 Å². The first-order valence-corrected chi connectivity index (χ1v) is 5.10. The van der Waals surface area contributed by atoms with E-state index in [4.69, 9.17) is 17.3 Å². The monoisotopic (exact) mass is 213 g/mol. The van der Waals surface area contributed by atoms with E-state index >= 15 is 0 Å². The van der Waals surface area contributed by atoms with Gasteiger partial charge in [-0.3, -0.25) is 0 Å². The lowest BCUT2D eigenvalue weighted by molar-refractivity contribution is 0.320. The van der Waals surface area contributed by atoms with Crippen LogP contribution in [0.5, 0.6) is 0 Å². The molecule has 4 heteroatoms. The van der Waals surface area contributed by atoms with Crippen LogP contribution in [-0.2, 0) is 6.54 Å². The highest BCUT2D eigenvalue weighted by atomic mass is 35.5. The first-order chi connectivity index (χ1) is 6.72. The number of hydrogen-bond acceptors (Lipinski definition) is 3. The van der Waals surface area contributed by atoms with E-state index in [-0.39, 0.29) is 0 Å². The summed E-state index contributed by atoms with van der Waals surface area (Å²) in [5, 5.41) is 0.551. The fourth-order valence-corrected chi connectivity index (χ4v) is 1.44. The van der Waals surface area contributed by atoms with Crippen molar-refractivity contribution in [1.82, 2.24) is 9.88 Å². The van der Waals surface area contributed by atoms with Crippen molar-refractivity contribution in [3.63, 3.8) is 0 Å². The van der Waals surface area contributed by atoms with Crippen molar-refractivity contribution in [2.75, 3.05) is 20.1 Å². The van der Waals surface area contributed by atoms with Crippen molar-refractivity contribution in [1.29, 1.82) is 0 Å². The van der Waals surface area contributed by atoms with Gasteiger partial charge in [0.1, 0.15) is 5.15 Å². The molecule has 0 unspecified atom stereocenters. The average Bonchev–Trinajstić information content (AvgIpc) is 2.15. The van der Waals surface area contributed by atoms with Crippen molar-refractivity contribution in [2.24, 2.45) is 5.73 Å². The standard InChI is InChI=1S/C10H16ClN3/c1-14(7-3-6-12)8-9-4-2-5-10(11)13-9/h2,4-5H,3,6-8,12H2,1H3. The summed E-state index contributed by atoms with van der Waals surface area (Å²) < 4.78 is 0. The average molecular weight is 214 g/mol. The summed E-state index contributed by atoms with van der Waals surface area (Å²) in [5.74, 6) is 0.